The standard InChI is InChI=1S/C9H13N4/c1-11-5-6-12(9-11)7-8-13-4-2-3-10-13/h2-6,9H,7-8H2,1H3/q+1. The van der Waals surface area contributed by atoms with Crippen LogP contribution in [0.4, 0.5) is 0 Å². The van der Waals surface area contributed by atoms with Crippen LogP contribution in [0.25, 0.3) is 0 Å². The van der Waals surface area contributed by atoms with E-state index in [9.17, 15) is 0 Å². The van der Waals surface area contributed by atoms with Crippen molar-refractivity contribution in [2.24, 2.45) is 7.05 Å². The highest BCUT2D eigenvalue weighted by atomic mass is 15.3. The fourth-order valence-electron chi connectivity index (χ4n) is 1.28. The van der Waals surface area contributed by atoms with Gasteiger partial charge in [0.25, 0.3) is 0 Å². The number of hydrogen-bond donors (Lipinski definition) is 0. The van der Waals surface area contributed by atoms with Crippen molar-refractivity contribution in [1.29, 1.82) is 0 Å². The summed E-state index contributed by atoms with van der Waals surface area (Å²) in [6.45, 7) is 1.88. The van der Waals surface area contributed by atoms with Crippen molar-refractivity contribution in [2.45, 2.75) is 13.1 Å². The average Bonchev–Trinajstić information content (AvgIpc) is 2.71. The second kappa shape index (κ2) is 3.43. The van der Waals surface area contributed by atoms with E-state index in [1.807, 2.05) is 34.8 Å². The van der Waals surface area contributed by atoms with Crippen molar-refractivity contribution >= 4 is 0 Å². The lowest BCUT2D eigenvalue weighted by atomic mass is 10.6. The van der Waals surface area contributed by atoms with Crippen LogP contribution in [-0.4, -0.2) is 14.3 Å². The smallest absolute Gasteiger partial charge is 0.243 e. The lowest BCUT2D eigenvalue weighted by molar-refractivity contribution is -0.671. The highest BCUT2D eigenvalue weighted by molar-refractivity contribution is 4.77. The molecule has 2 rings (SSSR count). The summed E-state index contributed by atoms with van der Waals surface area (Å²) in [6, 6.07) is 1.94. The molecule has 0 N–H and O–H groups in total. The summed E-state index contributed by atoms with van der Waals surface area (Å²) >= 11 is 0. The van der Waals surface area contributed by atoms with Gasteiger partial charge in [0.05, 0.1) is 13.6 Å². The molecule has 0 spiro atoms. The molecule has 4 heteroatoms. The molecule has 0 fully saturated rings. The maximum atomic E-state index is 4.13. The molecule has 2 aromatic rings. The Bertz CT molecular complexity index is 361. The molecule has 0 aliphatic heterocycles. The van der Waals surface area contributed by atoms with Crippen LogP contribution in [0.5, 0.6) is 0 Å². The summed E-state index contributed by atoms with van der Waals surface area (Å²) in [4.78, 5) is 0. The van der Waals surface area contributed by atoms with E-state index in [4.69, 9.17) is 0 Å². The maximum Gasteiger partial charge on any atom is 0.243 e. The number of hydrogen-bond acceptors (Lipinski definition) is 1. The van der Waals surface area contributed by atoms with Crippen LogP contribution in [0, 0.1) is 0 Å². The fourth-order valence-corrected chi connectivity index (χ4v) is 1.28. The minimum absolute atomic E-state index is 0.918. The Balaban J connectivity index is 1.93. The highest BCUT2D eigenvalue weighted by Gasteiger charge is 1.99. The Morgan fingerprint density at radius 2 is 2.23 bits per heavy atom. The van der Waals surface area contributed by atoms with Gasteiger partial charge in [0.1, 0.15) is 18.9 Å². The number of rotatable bonds is 3. The second-order valence-corrected chi connectivity index (χ2v) is 3.09. The molecule has 0 aliphatic rings. The van der Waals surface area contributed by atoms with Crippen molar-refractivity contribution < 1.29 is 4.57 Å². The average molecular weight is 177 g/mol. The molecule has 0 aliphatic carbocycles. The van der Waals surface area contributed by atoms with Gasteiger partial charge >= 0.3 is 0 Å². The number of imidazole rings is 1. The molecule has 13 heavy (non-hydrogen) atoms. The molecule has 0 saturated carbocycles. The summed E-state index contributed by atoms with van der Waals surface area (Å²) < 4.78 is 6.10. The number of aromatic nitrogens is 4. The van der Waals surface area contributed by atoms with Gasteiger partial charge in [-0.25, -0.2) is 9.13 Å². The molecule has 0 unspecified atom stereocenters. The van der Waals surface area contributed by atoms with E-state index < -0.39 is 0 Å². The molecular formula is C9H13N4+. The Morgan fingerprint density at radius 1 is 1.31 bits per heavy atom. The van der Waals surface area contributed by atoms with Crippen LogP contribution in [0.2, 0.25) is 0 Å². The van der Waals surface area contributed by atoms with E-state index in [-0.39, 0.29) is 0 Å². The summed E-state index contributed by atoms with van der Waals surface area (Å²) in [7, 11) is 2.02. The fraction of sp³-hybridized carbons (Fsp3) is 0.333. The molecule has 0 radical (unpaired) electrons. The molecule has 4 nitrogen and oxygen atoms in total. The van der Waals surface area contributed by atoms with E-state index in [0.717, 1.165) is 13.1 Å². The second-order valence-electron chi connectivity index (χ2n) is 3.09. The van der Waals surface area contributed by atoms with E-state index in [1.165, 1.54) is 0 Å². The highest BCUT2D eigenvalue weighted by Crippen LogP contribution is 1.89. The Hall–Kier alpha value is -1.58. The number of aryl methyl sites for hydroxylation is 3. The summed E-state index contributed by atoms with van der Waals surface area (Å²) in [5.74, 6) is 0. The third kappa shape index (κ3) is 1.96. The first kappa shape index (κ1) is 8.04. The van der Waals surface area contributed by atoms with Gasteiger partial charge in [-0.2, -0.15) is 5.10 Å². The predicted molar refractivity (Wildman–Crippen MR) is 47.8 cm³/mol. The monoisotopic (exact) mass is 177 g/mol. The van der Waals surface area contributed by atoms with Gasteiger partial charge < -0.3 is 0 Å². The minimum atomic E-state index is 0.918. The summed E-state index contributed by atoms with van der Waals surface area (Å²) in [6.07, 6.45) is 9.93. The lowest BCUT2D eigenvalue weighted by Crippen LogP contribution is -2.24. The lowest BCUT2D eigenvalue weighted by Gasteiger charge is -1.97. The van der Waals surface area contributed by atoms with Crippen molar-refractivity contribution in [3.8, 4) is 0 Å². The zero-order valence-electron chi connectivity index (χ0n) is 7.67. The molecule has 0 bridgehead atoms. The maximum absolute atomic E-state index is 4.13. The van der Waals surface area contributed by atoms with Crippen molar-refractivity contribution in [2.75, 3.05) is 0 Å². The quantitative estimate of drug-likeness (QED) is 0.616. The summed E-state index contributed by atoms with van der Waals surface area (Å²) in [5.41, 5.74) is 0. The van der Waals surface area contributed by atoms with Crippen LogP contribution >= 0.6 is 0 Å². The predicted octanol–water partition coefficient (Wildman–Crippen LogP) is 0.209. The Morgan fingerprint density at radius 3 is 2.85 bits per heavy atom. The topological polar surface area (TPSA) is 26.6 Å². The molecular weight excluding hydrogens is 164 g/mol. The van der Waals surface area contributed by atoms with Crippen LogP contribution in [0.3, 0.4) is 0 Å². The molecule has 0 amide bonds. The van der Waals surface area contributed by atoms with Gasteiger partial charge in [-0.1, -0.05) is 0 Å². The third-order valence-electron chi connectivity index (χ3n) is 1.97. The minimum Gasteiger partial charge on any atom is -0.269 e. The molecule has 2 aromatic heterocycles. The normalized spacial score (nSPS) is 10.5. The molecule has 2 heterocycles. The van der Waals surface area contributed by atoms with Gasteiger partial charge in [-0.15, -0.1) is 0 Å². The van der Waals surface area contributed by atoms with Crippen LogP contribution in [0.1, 0.15) is 0 Å². The molecule has 0 saturated heterocycles. The SMILES string of the molecule is C[n+]1ccn(CCn2cccn2)c1. The Kier molecular flexibility index (Phi) is 2.12. The molecule has 0 atom stereocenters. The van der Waals surface area contributed by atoms with Gasteiger partial charge in [0.2, 0.25) is 6.33 Å². The first-order valence-electron chi connectivity index (χ1n) is 4.33. The Labute approximate surface area is 77.0 Å². The van der Waals surface area contributed by atoms with E-state index in [1.54, 1.807) is 6.20 Å². The summed E-state index contributed by atoms with van der Waals surface area (Å²) in [5, 5.41) is 4.13. The van der Waals surface area contributed by atoms with Gasteiger partial charge in [0.15, 0.2) is 0 Å². The van der Waals surface area contributed by atoms with E-state index >= 15 is 0 Å². The number of nitrogens with zero attached hydrogens (tertiary/aromatic N) is 4. The molecule has 0 aromatic carbocycles. The van der Waals surface area contributed by atoms with E-state index in [2.05, 4.69) is 22.2 Å². The van der Waals surface area contributed by atoms with Crippen molar-refractivity contribution in [1.82, 2.24) is 14.3 Å². The first-order chi connectivity index (χ1) is 6.34. The molecule has 68 valence electrons. The van der Waals surface area contributed by atoms with Gasteiger partial charge in [-0.3, -0.25) is 4.68 Å². The van der Waals surface area contributed by atoms with Crippen LogP contribution in [-0.2, 0) is 20.1 Å². The first-order valence-corrected chi connectivity index (χ1v) is 4.33. The van der Waals surface area contributed by atoms with Crippen molar-refractivity contribution in [3.63, 3.8) is 0 Å². The van der Waals surface area contributed by atoms with E-state index in [0.29, 0.717) is 0 Å². The largest absolute Gasteiger partial charge is 0.269 e. The zero-order valence-corrected chi connectivity index (χ0v) is 7.67. The van der Waals surface area contributed by atoms with Crippen LogP contribution in [0.15, 0.2) is 37.2 Å². The van der Waals surface area contributed by atoms with Gasteiger partial charge in [0, 0.05) is 12.4 Å². The van der Waals surface area contributed by atoms with Crippen LogP contribution < -0.4 is 4.57 Å². The van der Waals surface area contributed by atoms with Crippen molar-refractivity contribution in [3.05, 3.63) is 37.2 Å². The third-order valence-corrected chi connectivity index (χ3v) is 1.97. The zero-order chi connectivity index (χ0) is 9.10. The van der Waals surface area contributed by atoms with Gasteiger partial charge in [-0.05, 0) is 6.07 Å².